The molecule has 0 saturated heterocycles. The van der Waals surface area contributed by atoms with Gasteiger partial charge in [0.1, 0.15) is 0 Å². The Labute approximate surface area is 39.1 Å². The number of carbonyl (C=O) groups excluding carboxylic acids is 1. The highest BCUT2D eigenvalue weighted by molar-refractivity contribution is 5.55. The van der Waals surface area contributed by atoms with E-state index in [0.717, 1.165) is 0 Å². The molecule has 0 aromatic rings. The summed E-state index contributed by atoms with van der Waals surface area (Å²) < 4.78 is 29.7. The van der Waals surface area contributed by atoms with Crippen LogP contribution in [0.3, 0.4) is 0 Å². The monoisotopic (exact) mass is 114 g/mol. The topological polar surface area (TPSA) is 17.1 Å². The fraction of sp³-hybridized carbons (Fsp3) is 0.667. The first-order valence-corrected chi connectivity index (χ1v) is 1.56. The zero-order valence-electron chi connectivity index (χ0n) is 3.75. The maximum Gasteiger partial charge on any atom is 0.483 e. The van der Waals surface area contributed by atoms with E-state index in [2.05, 4.69) is 0 Å². The molecule has 0 amide bonds. The average molecular weight is 114 g/mol. The average Bonchev–Trinajstić information content (AvgIpc) is 1.33. The van der Waals surface area contributed by atoms with Crippen LogP contribution in [0, 0.1) is 0 Å². The van der Waals surface area contributed by atoms with Crippen molar-refractivity contribution in [3.05, 3.63) is 0 Å². The van der Waals surface area contributed by atoms with Crippen molar-refractivity contribution >= 4 is 6.29 Å². The molecule has 0 aliphatic carbocycles. The molecule has 0 fully saturated rings. The molecule has 0 aliphatic rings. The normalized spacial score (nSPS) is 6.29. The fourth-order valence-electron chi connectivity index (χ4n) is 0. The molecular formula is C3H5F3O. The van der Waals surface area contributed by atoms with Crippen molar-refractivity contribution < 1.29 is 18.0 Å². The van der Waals surface area contributed by atoms with Crippen LogP contribution >= 0.6 is 0 Å². The lowest BCUT2D eigenvalue weighted by molar-refractivity contribution is 0.199. The molecule has 44 valence electrons. The summed E-state index contributed by atoms with van der Waals surface area (Å²) in [6, 6.07) is 0. The van der Waals surface area contributed by atoms with Crippen molar-refractivity contribution in [2.75, 3.05) is 6.67 Å². The summed E-state index contributed by atoms with van der Waals surface area (Å²) in [4.78, 5) is 8.11. The summed E-state index contributed by atoms with van der Waals surface area (Å²) in [5.74, 6) is 0. The maximum absolute atomic E-state index is 10.3. The van der Waals surface area contributed by atoms with E-state index in [-0.39, 0.29) is 6.67 Å². The highest BCUT2D eigenvalue weighted by Gasteiger charge is 1.78. The van der Waals surface area contributed by atoms with Crippen LogP contribution in [0.4, 0.5) is 18.0 Å². The molecule has 4 heteroatoms. The predicted octanol–water partition coefficient (Wildman–Crippen LogP) is 2.02. The molecule has 0 unspecified atom stereocenters. The van der Waals surface area contributed by atoms with Gasteiger partial charge in [-0.05, 0) is 6.92 Å². The van der Waals surface area contributed by atoms with Gasteiger partial charge >= 0.3 is 6.29 Å². The lowest BCUT2D eigenvalue weighted by atomic mass is 10.9. The summed E-state index contributed by atoms with van der Waals surface area (Å²) in [6.07, 6.45) is -2.83. The Morgan fingerprint density at radius 2 is 1.57 bits per heavy atom. The number of halogens is 3. The summed E-state index contributed by atoms with van der Waals surface area (Å²) in [7, 11) is 0. The SMILES string of the molecule is CCF.O=C(F)F. The molecule has 0 aliphatic heterocycles. The third kappa shape index (κ3) is 224. The molecule has 0 bridgehead atoms. The Morgan fingerprint density at radius 3 is 1.57 bits per heavy atom. The molecular weight excluding hydrogens is 109 g/mol. The van der Waals surface area contributed by atoms with Crippen LogP contribution in [0.2, 0.25) is 0 Å². The Hall–Kier alpha value is -0.540. The third-order valence-electron chi connectivity index (χ3n) is 0. The van der Waals surface area contributed by atoms with Crippen LogP contribution in [-0.2, 0) is 0 Å². The van der Waals surface area contributed by atoms with E-state index in [1.54, 1.807) is 0 Å². The van der Waals surface area contributed by atoms with Crippen molar-refractivity contribution in [2.24, 2.45) is 0 Å². The highest BCUT2D eigenvalue weighted by atomic mass is 19.3. The minimum atomic E-state index is -2.83. The van der Waals surface area contributed by atoms with E-state index in [9.17, 15) is 13.2 Å². The van der Waals surface area contributed by atoms with E-state index < -0.39 is 6.29 Å². The molecule has 1 nitrogen and oxygen atoms in total. The number of hydrogen-bond acceptors (Lipinski definition) is 1. The van der Waals surface area contributed by atoms with Gasteiger partial charge in [0.2, 0.25) is 0 Å². The lowest BCUT2D eigenvalue weighted by Crippen LogP contribution is -1.54. The standard InChI is InChI=1S/C2H5F.CF2O/c1-2-3;2-1(3)4/h2H2,1H3;. The predicted molar refractivity (Wildman–Crippen MR) is 19.3 cm³/mol. The molecule has 0 aromatic heterocycles. The minimum absolute atomic E-state index is 0.250. The summed E-state index contributed by atoms with van der Waals surface area (Å²) in [6.45, 7) is 1.21. The van der Waals surface area contributed by atoms with Crippen LogP contribution < -0.4 is 0 Å². The molecule has 7 heavy (non-hydrogen) atoms. The first kappa shape index (κ1) is 9.68. The first-order valence-electron chi connectivity index (χ1n) is 1.56. The van der Waals surface area contributed by atoms with Gasteiger partial charge in [0.15, 0.2) is 0 Å². The Kier molecular flexibility index (Phi) is 12.5. The van der Waals surface area contributed by atoms with E-state index in [1.165, 1.54) is 6.92 Å². The lowest BCUT2D eigenvalue weighted by Gasteiger charge is -1.45. The summed E-state index contributed by atoms with van der Waals surface area (Å²) in [5.41, 5.74) is 0. The van der Waals surface area contributed by atoms with Crippen LogP contribution in [-0.4, -0.2) is 13.0 Å². The van der Waals surface area contributed by atoms with Gasteiger partial charge in [-0.15, -0.1) is 8.78 Å². The van der Waals surface area contributed by atoms with Crippen molar-refractivity contribution in [3.63, 3.8) is 0 Å². The minimum Gasteiger partial charge on any atom is -0.251 e. The largest absolute Gasteiger partial charge is 0.483 e. The molecule has 0 radical (unpaired) electrons. The van der Waals surface area contributed by atoms with E-state index in [0.29, 0.717) is 0 Å². The summed E-state index contributed by atoms with van der Waals surface area (Å²) in [5, 5.41) is 0. The zero-order valence-corrected chi connectivity index (χ0v) is 3.75. The third-order valence-corrected chi connectivity index (χ3v) is 0. The van der Waals surface area contributed by atoms with Gasteiger partial charge in [0.05, 0.1) is 6.67 Å². The first-order chi connectivity index (χ1) is 3.15. The fourth-order valence-corrected chi connectivity index (χ4v) is 0. The Balaban J connectivity index is 0. The van der Waals surface area contributed by atoms with Gasteiger partial charge in [0, 0.05) is 0 Å². The van der Waals surface area contributed by atoms with E-state index >= 15 is 0 Å². The molecule has 0 N–H and O–H groups in total. The number of rotatable bonds is 0. The quantitative estimate of drug-likeness (QED) is 0.440. The smallest absolute Gasteiger partial charge is 0.251 e. The van der Waals surface area contributed by atoms with E-state index in [4.69, 9.17) is 4.79 Å². The Bertz CT molecular complexity index is 41.4. The number of alkyl halides is 1. The van der Waals surface area contributed by atoms with Gasteiger partial charge < -0.3 is 0 Å². The molecule has 0 saturated carbocycles. The Morgan fingerprint density at radius 1 is 1.57 bits per heavy atom. The highest BCUT2D eigenvalue weighted by Crippen LogP contribution is 1.70. The maximum atomic E-state index is 10.3. The summed E-state index contributed by atoms with van der Waals surface area (Å²) >= 11 is 0. The van der Waals surface area contributed by atoms with Crippen molar-refractivity contribution in [1.82, 2.24) is 0 Å². The second-order valence-corrected chi connectivity index (χ2v) is 0.493. The van der Waals surface area contributed by atoms with Gasteiger partial charge in [-0.2, -0.15) is 0 Å². The molecule has 0 aromatic carbocycles. The second-order valence-electron chi connectivity index (χ2n) is 0.493. The second kappa shape index (κ2) is 9.07. The van der Waals surface area contributed by atoms with Crippen LogP contribution in [0.25, 0.3) is 0 Å². The van der Waals surface area contributed by atoms with E-state index in [1.807, 2.05) is 0 Å². The van der Waals surface area contributed by atoms with Gasteiger partial charge in [-0.1, -0.05) is 0 Å². The van der Waals surface area contributed by atoms with Crippen molar-refractivity contribution in [1.29, 1.82) is 0 Å². The van der Waals surface area contributed by atoms with Gasteiger partial charge in [-0.25, -0.2) is 4.79 Å². The zero-order chi connectivity index (χ0) is 6.28. The van der Waals surface area contributed by atoms with Crippen LogP contribution in [0.1, 0.15) is 6.92 Å². The van der Waals surface area contributed by atoms with Crippen LogP contribution in [0.5, 0.6) is 0 Å². The van der Waals surface area contributed by atoms with Crippen molar-refractivity contribution in [2.45, 2.75) is 6.92 Å². The van der Waals surface area contributed by atoms with Crippen LogP contribution in [0.15, 0.2) is 0 Å². The molecule has 0 rings (SSSR count). The number of hydrogen-bond donors (Lipinski definition) is 0. The van der Waals surface area contributed by atoms with Crippen molar-refractivity contribution in [3.8, 4) is 0 Å². The van der Waals surface area contributed by atoms with Gasteiger partial charge in [0.25, 0.3) is 0 Å². The molecule has 0 spiro atoms. The molecule has 0 heterocycles. The number of carbonyl (C=O) groups is 1. The van der Waals surface area contributed by atoms with Gasteiger partial charge in [-0.3, -0.25) is 4.39 Å². The molecule has 0 atom stereocenters.